The molecule has 2 unspecified atom stereocenters. The standard InChI is InChI=1S/C22H27ClN6/c1-22(2)15-5-4-14(17(22)11-15)12-24-20-26-19(23)27-21(28-20)25-16-6-7-18-13(10-16)8-9-29(18)3/h6-10,14-15,17H,4-5,11-12H2,1-3H3,(H2,24,25,26,27,28)/t14?,15?,17-/m0/s1. The number of anilines is 3. The van der Waals surface area contributed by atoms with Crippen LogP contribution in [0.5, 0.6) is 0 Å². The van der Waals surface area contributed by atoms with Crippen LogP contribution in [0.4, 0.5) is 17.6 Å². The molecule has 2 heterocycles. The van der Waals surface area contributed by atoms with Crippen LogP contribution in [0.25, 0.3) is 10.9 Å². The molecule has 0 amide bonds. The lowest BCUT2D eigenvalue weighted by Gasteiger charge is -2.60. The Bertz CT molecular complexity index is 1060. The number of halogens is 1. The van der Waals surface area contributed by atoms with Gasteiger partial charge in [-0.3, -0.25) is 0 Å². The molecule has 3 saturated carbocycles. The highest BCUT2D eigenvalue weighted by Gasteiger charge is 2.53. The van der Waals surface area contributed by atoms with E-state index in [4.69, 9.17) is 11.6 Å². The number of aromatic nitrogens is 4. The number of fused-ring (bicyclic) bond motifs is 3. The zero-order valence-electron chi connectivity index (χ0n) is 17.1. The molecule has 0 aliphatic heterocycles. The number of hydrogen-bond donors (Lipinski definition) is 2. The maximum absolute atomic E-state index is 6.17. The van der Waals surface area contributed by atoms with Gasteiger partial charge in [0.1, 0.15) is 0 Å². The van der Waals surface area contributed by atoms with Crippen molar-refractivity contribution in [3.05, 3.63) is 35.7 Å². The molecule has 152 valence electrons. The van der Waals surface area contributed by atoms with Gasteiger partial charge in [-0.25, -0.2) is 0 Å². The normalized spacial score (nSPS) is 24.9. The SMILES string of the molecule is Cn1ccc2cc(Nc3nc(Cl)nc(NCC4CCC5C[C@@H]4C5(C)C)n3)ccc21. The van der Waals surface area contributed by atoms with E-state index in [1.165, 1.54) is 24.8 Å². The van der Waals surface area contributed by atoms with Crippen molar-refractivity contribution < 1.29 is 0 Å². The predicted octanol–water partition coefficient (Wildman–Crippen LogP) is 5.24. The number of aryl methyl sites for hydroxylation is 1. The summed E-state index contributed by atoms with van der Waals surface area (Å²) in [6.07, 6.45) is 6.04. The summed E-state index contributed by atoms with van der Waals surface area (Å²) in [5.74, 6) is 3.36. The molecule has 0 radical (unpaired) electrons. The van der Waals surface area contributed by atoms with Crippen molar-refractivity contribution in [1.82, 2.24) is 19.5 Å². The molecule has 7 heteroatoms. The molecule has 3 aliphatic carbocycles. The monoisotopic (exact) mass is 410 g/mol. The fourth-order valence-corrected chi connectivity index (χ4v) is 5.56. The Kier molecular flexibility index (Phi) is 4.42. The fourth-order valence-electron chi connectivity index (χ4n) is 5.40. The third-order valence-corrected chi connectivity index (χ3v) is 7.44. The van der Waals surface area contributed by atoms with Gasteiger partial charge in [-0.15, -0.1) is 0 Å². The molecule has 2 N–H and O–H groups in total. The molecular formula is C22H27ClN6. The van der Waals surface area contributed by atoms with Crippen molar-refractivity contribution in [3.8, 4) is 0 Å². The molecule has 29 heavy (non-hydrogen) atoms. The van der Waals surface area contributed by atoms with Gasteiger partial charge in [-0.2, -0.15) is 15.0 Å². The Morgan fingerprint density at radius 3 is 2.76 bits per heavy atom. The van der Waals surface area contributed by atoms with E-state index in [0.29, 0.717) is 23.2 Å². The summed E-state index contributed by atoms with van der Waals surface area (Å²) in [6.45, 7) is 5.73. The van der Waals surface area contributed by atoms with Crippen molar-refractivity contribution in [2.45, 2.75) is 33.1 Å². The minimum absolute atomic E-state index is 0.193. The second kappa shape index (κ2) is 6.87. The van der Waals surface area contributed by atoms with Gasteiger partial charge >= 0.3 is 0 Å². The van der Waals surface area contributed by atoms with Gasteiger partial charge in [-0.05, 0) is 78.3 Å². The quantitative estimate of drug-likeness (QED) is 0.601. The van der Waals surface area contributed by atoms with Crippen molar-refractivity contribution in [1.29, 1.82) is 0 Å². The average Bonchev–Trinajstić information content (AvgIpc) is 3.06. The van der Waals surface area contributed by atoms with E-state index in [9.17, 15) is 0 Å². The van der Waals surface area contributed by atoms with Crippen LogP contribution in [0, 0.1) is 23.2 Å². The van der Waals surface area contributed by atoms with Crippen LogP contribution in [0.15, 0.2) is 30.5 Å². The molecule has 3 aliphatic rings. The zero-order valence-corrected chi connectivity index (χ0v) is 17.9. The van der Waals surface area contributed by atoms with E-state index >= 15 is 0 Å². The number of rotatable bonds is 5. The summed E-state index contributed by atoms with van der Waals surface area (Å²) in [5.41, 5.74) is 2.58. The van der Waals surface area contributed by atoms with E-state index < -0.39 is 0 Å². The largest absolute Gasteiger partial charge is 0.354 e. The van der Waals surface area contributed by atoms with Crippen LogP contribution in [0.2, 0.25) is 5.28 Å². The van der Waals surface area contributed by atoms with E-state index in [0.717, 1.165) is 29.5 Å². The lowest BCUT2D eigenvalue weighted by molar-refractivity contribution is -0.100. The Hall–Kier alpha value is -2.34. The van der Waals surface area contributed by atoms with Crippen LogP contribution < -0.4 is 10.6 Å². The molecule has 6 rings (SSSR count). The maximum atomic E-state index is 6.17. The first kappa shape index (κ1) is 18.7. The van der Waals surface area contributed by atoms with Crippen LogP contribution in [0.3, 0.4) is 0 Å². The summed E-state index contributed by atoms with van der Waals surface area (Å²) in [5, 5.41) is 8.03. The molecule has 3 fully saturated rings. The number of nitrogens with one attached hydrogen (secondary N) is 2. The fraction of sp³-hybridized carbons (Fsp3) is 0.500. The van der Waals surface area contributed by atoms with Crippen molar-refractivity contribution in [2.24, 2.45) is 30.2 Å². The van der Waals surface area contributed by atoms with Gasteiger partial charge in [-0.1, -0.05) is 13.8 Å². The van der Waals surface area contributed by atoms with E-state index in [1.807, 2.05) is 19.3 Å². The molecular weight excluding hydrogens is 384 g/mol. The van der Waals surface area contributed by atoms with Crippen LogP contribution in [0.1, 0.15) is 33.1 Å². The van der Waals surface area contributed by atoms with Crippen molar-refractivity contribution >= 4 is 40.1 Å². The first-order valence-corrected chi connectivity index (χ1v) is 10.8. The van der Waals surface area contributed by atoms with Crippen molar-refractivity contribution in [3.63, 3.8) is 0 Å². The molecule has 1 aromatic carbocycles. The van der Waals surface area contributed by atoms with Gasteiger partial charge in [0.05, 0.1) is 0 Å². The smallest absolute Gasteiger partial charge is 0.233 e. The summed E-state index contributed by atoms with van der Waals surface area (Å²) in [4.78, 5) is 13.1. The molecule has 6 nitrogen and oxygen atoms in total. The van der Waals surface area contributed by atoms with Gasteiger partial charge in [0.25, 0.3) is 0 Å². The second-order valence-electron chi connectivity index (χ2n) is 9.16. The Morgan fingerprint density at radius 2 is 1.97 bits per heavy atom. The molecule has 3 aromatic rings. The zero-order chi connectivity index (χ0) is 20.2. The lowest BCUT2D eigenvalue weighted by atomic mass is 9.45. The summed E-state index contributed by atoms with van der Waals surface area (Å²) in [7, 11) is 2.04. The maximum Gasteiger partial charge on any atom is 0.233 e. The highest BCUT2D eigenvalue weighted by molar-refractivity contribution is 6.28. The molecule has 2 aromatic heterocycles. The number of nitrogens with zero attached hydrogens (tertiary/aromatic N) is 4. The van der Waals surface area contributed by atoms with Gasteiger partial charge < -0.3 is 15.2 Å². The van der Waals surface area contributed by atoms with E-state index in [-0.39, 0.29) is 5.28 Å². The third-order valence-electron chi connectivity index (χ3n) is 7.27. The van der Waals surface area contributed by atoms with Crippen LogP contribution in [-0.2, 0) is 7.05 Å². The van der Waals surface area contributed by atoms with E-state index in [2.05, 4.69) is 62.2 Å². The lowest BCUT2D eigenvalue weighted by Crippen LogP contribution is -2.53. The van der Waals surface area contributed by atoms with Crippen molar-refractivity contribution in [2.75, 3.05) is 17.2 Å². The number of hydrogen-bond acceptors (Lipinski definition) is 5. The first-order valence-electron chi connectivity index (χ1n) is 10.4. The first-order chi connectivity index (χ1) is 13.9. The molecule has 3 atom stereocenters. The summed E-state index contributed by atoms with van der Waals surface area (Å²) in [6, 6.07) is 8.27. The Labute approximate surface area is 176 Å². The summed E-state index contributed by atoms with van der Waals surface area (Å²) < 4.78 is 2.10. The van der Waals surface area contributed by atoms with Crippen LogP contribution in [-0.4, -0.2) is 26.1 Å². The molecule has 0 spiro atoms. The molecule has 2 bridgehead atoms. The minimum Gasteiger partial charge on any atom is -0.354 e. The summed E-state index contributed by atoms with van der Waals surface area (Å²) >= 11 is 6.17. The molecule has 0 saturated heterocycles. The average molecular weight is 411 g/mol. The highest BCUT2D eigenvalue weighted by Crippen LogP contribution is 2.61. The van der Waals surface area contributed by atoms with Gasteiger partial charge in [0.2, 0.25) is 17.2 Å². The topological polar surface area (TPSA) is 67.7 Å². The van der Waals surface area contributed by atoms with Gasteiger partial charge in [0, 0.05) is 36.4 Å². The highest BCUT2D eigenvalue weighted by atomic mass is 35.5. The van der Waals surface area contributed by atoms with Gasteiger partial charge in [0.15, 0.2) is 0 Å². The predicted molar refractivity (Wildman–Crippen MR) is 118 cm³/mol. The Balaban J connectivity index is 1.29. The second-order valence-corrected chi connectivity index (χ2v) is 9.49. The minimum atomic E-state index is 0.193. The van der Waals surface area contributed by atoms with E-state index in [1.54, 1.807) is 0 Å². The third kappa shape index (κ3) is 3.33. The van der Waals surface area contributed by atoms with Crippen LogP contribution >= 0.6 is 11.6 Å². The Morgan fingerprint density at radius 1 is 1.14 bits per heavy atom. The number of benzene rings is 1.